The first kappa shape index (κ1) is 18.5. The van der Waals surface area contributed by atoms with Crippen LogP contribution >= 0.6 is 23.2 Å². The van der Waals surface area contributed by atoms with Crippen LogP contribution in [-0.2, 0) is 13.1 Å². The zero-order valence-electron chi connectivity index (χ0n) is 14.1. The second-order valence-corrected chi connectivity index (χ2v) is 6.10. The van der Waals surface area contributed by atoms with Gasteiger partial charge < -0.3 is 15.2 Å². The summed E-state index contributed by atoms with van der Waals surface area (Å²) in [4.78, 5) is 4.58. The van der Waals surface area contributed by atoms with Gasteiger partial charge in [-0.1, -0.05) is 29.3 Å². The van der Waals surface area contributed by atoms with E-state index in [1.165, 1.54) is 0 Å². The van der Waals surface area contributed by atoms with Gasteiger partial charge in [-0.05, 0) is 38.5 Å². The minimum atomic E-state index is -0.0170. The van der Waals surface area contributed by atoms with Crippen LogP contribution in [0.15, 0.2) is 29.5 Å². The van der Waals surface area contributed by atoms with E-state index >= 15 is 0 Å². The first-order valence-electron chi connectivity index (χ1n) is 7.91. The molecule has 0 aliphatic carbocycles. The molecular weight excluding hydrogens is 347 g/mol. The fraction of sp³-hybridized carbons (Fsp3) is 0.438. The van der Waals surface area contributed by atoms with Gasteiger partial charge >= 0.3 is 0 Å². The van der Waals surface area contributed by atoms with Crippen LogP contribution in [0.1, 0.15) is 38.2 Å². The van der Waals surface area contributed by atoms with Gasteiger partial charge in [-0.15, -0.1) is 10.2 Å². The van der Waals surface area contributed by atoms with E-state index in [1.807, 2.05) is 37.5 Å². The van der Waals surface area contributed by atoms with Crippen LogP contribution in [0.25, 0.3) is 0 Å². The Labute approximate surface area is 152 Å². The molecule has 0 radical (unpaired) electrons. The van der Waals surface area contributed by atoms with E-state index in [0.717, 1.165) is 24.5 Å². The Bertz CT molecular complexity index is 698. The molecule has 0 aliphatic heterocycles. The summed E-state index contributed by atoms with van der Waals surface area (Å²) in [5.41, 5.74) is 0.961. The summed E-state index contributed by atoms with van der Waals surface area (Å²) in [6.45, 7) is 8.11. The predicted molar refractivity (Wildman–Crippen MR) is 98.5 cm³/mol. The van der Waals surface area contributed by atoms with Crippen LogP contribution in [-0.4, -0.2) is 27.3 Å². The summed E-state index contributed by atoms with van der Waals surface area (Å²) in [5.74, 6) is 1.52. The normalized spacial score (nSPS) is 13.0. The van der Waals surface area contributed by atoms with E-state index < -0.39 is 0 Å². The van der Waals surface area contributed by atoms with E-state index in [2.05, 4.69) is 25.8 Å². The Morgan fingerprint density at radius 1 is 1.33 bits per heavy atom. The van der Waals surface area contributed by atoms with Crippen LogP contribution in [0, 0.1) is 0 Å². The minimum absolute atomic E-state index is 0.0170. The van der Waals surface area contributed by atoms with Crippen molar-refractivity contribution in [2.24, 2.45) is 4.99 Å². The molecule has 1 aromatic heterocycles. The maximum Gasteiger partial charge on any atom is 0.192 e. The third kappa shape index (κ3) is 4.85. The maximum atomic E-state index is 6.28. The molecule has 1 aromatic carbocycles. The monoisotopic (exact) mass is 368 g/mol. The zero-order chi connectivity index (χ0) is 17.5. The number of rotatable bonds is 6. The Hall–Kier alpha value is -1.79. The molecule has 0 aliphatic rings. The molecule has 0 spiro atoms. The van der Waals surface area contributed by atoms with E-state index in [9.17, 15) is 0 Å². The molecule has 0 fully saturated rings. The molecular formula is C16H22Cl2N6. The number of hydrogen-bond acceptors (Lipinski definition) is 3. The number of aromatic nitrogens is 3. The number of benzene rings is 1. The second kappa shape index (κ2) is 8.89. The predicted octanol–water partition coefficient (Wildman–Crippen LogP) is 3.42. The van der Waals surface area contributed by atoms with Crippen molar-refractivity contribution in [3.05, 3.63) is 46.0 Å². The van der Waals surface area contributed by atoms with Crippen molar-refractivity contribution in [1.82, 2.24) is 25.4 Å². The fourth-order valence-electron chi connectivity index (χ4n) is 2.27. The minimum Gasteiger partial charge on any atom is -0.357 e. The van der Waals surface area contributed by atoms with Crippen molar-refractivity contribution in [2.75, 3.05) is 6.54 Å². The number of nitrogens with zero attached hydrogens (tertiary/aromatic N) is 4. The lowest BCUT2D eigenvalue weighted by Gasteiger charge is -2.19. The molecule has 0 amide bonds. The average molecular weight is 369 g/mol. The van der Waals surface area contributed by atoms with Crippen molar-refractivity contribution < 1.29 is 0 Å². The maximum absolute atomic E-state index is 6.28. The smallest absolute Gasteiger partial charge is 0.192 e. The Morgan fingerprint density at radius 2 is 2.12 bits per heavy atom. The van der Waals surface area contributed by atoms with Gasteiger partial charge in [0.1, 0.15) is 12.9 Å². The summed E-state index contributed by atoms with van der Waals surface area (Å²) in [6, 6.07) is 5.47. The molecule has 0 saturated heterocycles. The summed E-state index contributed by atoms with van der Waals surface area (Å²) in [6.07, 6.45) is 1.71. The number of nitrogens with one attached hydrogen (secondary N) is 2. The molecule has 1 atom stereocenters. The largest absolute Gasteiger partial charge is 0.357 e. The SMILES string of the molecule is CCNC(=NCc1nncn1CC)NC(C)c1ccc(Cl)cc1Cl. The Balaban J connectivity index is 2.10. The van der Waals surface area contributed by atoms with Gasteiger partial charge in [0, 0.05) is 23.1 Å². The van der Waals surface area contributed by atoms with E-state index in [1.54, 1.807) is 12.4 Å². The van der Waals surface area contributed by atoms with Crippen molar-refractivity contribution in [3.63, 3.8) is 0 Å². The van der Waals surface area contributed by atoms with Crippen LogP contribution in [0.4, 0.5) is 0 Å². The lowest BCUT2D eigenvalue weighted by molar-refractivity contribution is 0.671. The van der Waals surface area contributed by atoms with Gasteiger partial charge in [-0.3, -0.25) is 0 Å². The molecule has 8 heteroatoms. The highest BCUT2D eigenvalue weighted by Crippen LogP contribution is 2.25. The van der Waals surface area contributed by atoms with Crippen molar-refractivity contribution in [3.8, 4) is 0 Å². The fourth-order valence-corrected chi connectivity index (χ4v) is 2.84. The lowest BCUT2D eigenvalue weighted by atomic mass is 10.1. The summed E-state index contributed by atoms with van der Waals surface area (Å²) >= 11 is 12.2. The third-order valence-corrected chi connectivity index (χ3v) is 4.10. The van der Waals surface area contributed by atoms with Crippen LogP contribution in [0.2, 0.25) is 10.0 Å². The van der Waals surface area contributed by atoms with Crippen LogP contribution in [0.5, 0.6) is 0 Å². The molecule has 2 aromatic rings. The van der Waals surface area contributed by atoms with Gasteiger partial charge in [0.05, 0.1) is 6.04 Å². The molecule has 24 heavy (non-hydrogen) atoms. The Kier molecular flexibility index (Phi) is 6.87. The number of hydrogen-bond donors (Lipinski definition) is 2. The van der Waals surface area contributed by atoms with Gasteiger partial charge in [0.15, 0.2) is 11.8 Å². The van der Waals surface area contributed by atoms with Crippen molar-refractivity contribution in [1.29, 1.82) is 0 Å². The highest BCUT2D eigenvalue weighted by atomic mass is 35.5. The first-order chi connectivity index (χ1) is 11.5. The number of halogens is 2. The molecule has 0 saturated carbocycles. The molecule has 2 rings (SSSR count). The van der Waals surface area contributed by atoms with Gasteiger partial charge in [0.25, 0.3) is 0 Å². The number of guanidine groups is 1. The molecule has 6 nitrogen and oxygen atoms in total. The van der Waals surface area contributed by atoms with E-state index in [4.69, 9.17) is 23.2 Å². The summed E-state index contributed by atoms with van der Waals surface area (Å²) < 4.78 is 1.96. The summed E-state index contributed by atoms with van der Waals surface area (Å²) in [7, 11) is 0. The van der Waals surface area contributed by atoms with Gasteiger partial charge in [0.2, 0.25) is 0 Å². The molecule has 1 unspecified atom stereocenters. The van der Waals surface area contributed by atoms with E-state index in [-0.39, 0.29) is 6.04 Å². The van der Waals surface area contributed by atoms with Crippen LogP contribution in [0.3, 0.4) is 0 Å². The Morgan fingerprint density at radius 3 is 2.79 bits per heavy atom. The zero-order valence-corrected chi connectivity index (χ0v) is 15.6. The van der Waals surface area contributed by atoms with Gasteiger partial charge in [-0.2, -0.15) is 0 Å². The molecule has 130 valence electrons. The standard InChI is InChI=1S/C16H22Cl2N6/c1-4-19-16(20-9-15-23-21-10-24(15)5-2)22-11(3)13-7-6-12(17)8-14(13)18/h6-8,10-11H,4-5,9H2,1-3H3,(H2,19,20,22). The van der Waals surface area contributed by atoms with Crippen LogP contribution < -0.4 is 10.6 Å². The quantitative estimate of drug-likeness (QED) is 0.605. The van der Waals surface area contributed by atoms with Crippen molar-refractivity contribution in [2.45, 2.75) is 39.9 Å². The van der Waals surface area contributed by atoms with Crippen molar-refractivity contribution >= 4 is 29.2 Å². The number of aliphatic imine (C=N–C) groups is 1. The molecule has 2 N–H and O–H groups in total. The highest BCUT2D eigenvalue weighted by molar-refractivity contribution is 6.35. The highest BCUT2D eigenvalue weighted by Gasteiger charge is 2.12. The first-order valence-corrected chi connectivity index (χ1v) is 8.67. The molecule has 1 heterocycles. The van der Waals surface area contributed by atoms with E-state index in [0.29, 0.717) is 22.5 Å². The average Bonchev–Trinajstić information content (AvgIpc) is 3.00. The summed E-state index contributed by atoms with van der Waals surface area (Å²) in [5, 5.41) is 15.8. The second-order valence-electron chi connectivity index (χ2n) is 5.26. The third-order valence-electron chi connectivity index (χ3n) is 3.54. The topological polar surface area (TPSA) is 67.1 Å². The molecule has 0 bridgehead atoms. The van der Waals surface area contributed by atoms with Gasteiger partial charge in [-0.25, -0.2) is 4.99 Å². The number of aryl methyl sites for hydroxylation is 1. The lowest BCUT2D eigenvalue weighted by Crippen LogP contribution is -2.38.